The number of aromatic hydroxyl groups is 1. The lowest BCUT2D eigenvalue weighted by molar-refractivity contribution is 0.111. The van der Waals surface area contributed by atoms with Crippen LogP contribution in [0, 0.1) is 6.92 Å². The van der Waals surface area contributed by atoms with E-state index in [4.69, 9.17) is 28.7 Å². The van der Waals surface area contributed by atoms with E-state index in [0.29, 0.717) is 35.7 Å². The molecule has 3 N–H and O–H groups in total. The number of nitrogens with zero attached hydrogens (tertiary/aromatic N) is 2. The van der Waals surface area contributed by atoms with E-state index in [1.54, 1.807) is 28.4 Å². The summed E-state index contributed by atoms with van der Waals surface area (Å²) in [6.45, 7) is 0.995. The summed E-state index contributed by atoms with van der Waals surface area (Å²) in [7, 11) is 1.92. The van der Waals surface area contributed by atoms with Gasteiger partial charge in [-0.25, -0.2) is 4.57 Å². The average Bonchev–Trinajstić information content (AvgIpc) is 2.97. The summed E-state index contributed by atoms with van der Waals surface area (Å²) in [6, 6.07) is 11.8. The predicted octanol–water partition coefficient (Wildman–Crippen LogP) is 4.38. The van der Waals surface area contributed by atoms with E-state index in [2.05, 4.69) is 14.5 Å². The van der Waals surface area contributed by atoms with Gasteiger partial charge in [-0.1, -0.05) is 6.07 Å². The van der Waals surface area contributed by atoms with Gasteiger partial charge in [0, 0.05) is 29.8 Å². The average molecular weight is 587 g/mol. The molecule has 0 aliphatic rings. The van der Waals surface area contributed by atoms with Gasteiger partial charge in [-0.2, -0.15) is 0 Å². The molecule has 0 saturated carbocycles. The van der Waals surface area contributed by atoms with Crippen LogP contribution in [-0.4, -0.2) is 59.6 Å². The van der Waals surface area contributed by atoms with Crippen molar-refractivity contribution in [2.24, 2.45) is 0 Å². The van der Waals surface area contributed by atoms with E-state index in [1.165, 1.54) is 13.1 Å². The van der Waals surface area contributed by atoms with Gasteiger partial charge in [-0.3, -0.25) is 19.3 Å². The number of hydrogen-bond donors (Lipinski definition) is 3. The largest absolute Gasteiger partial charge is 0.505 e. The Morgan fingerprint density at radius 2 is 1.51 bits per heavy atom. The number of benzene rings is 2. The van der Waals surface area contributed by atoms with Crippen LogP contribution in [0.25, 0.3) is 10.8 Å². The lowest BCUT2D eigenvalue weighted by atomic mass is 10.0. The Morgan fingerprint density at radius 1 is 0.878 bits per heavy atom. The van der Waals surface area contributed by atoms with Gasteiger partial charge in [0.05, 0.1) is 52.0 Å². The maximum Gasteiger partial charge on any atom is 0.469 e. The van der Waals surface area contributed by atoms with Crippen LogP contribution < -0.4 is 18.9 Å². The smallest absolute Gasteiger partial charge is 0.469 e. The molecule has 0 fully saturated rings. The number of methoxy groups -OCH3 is 4. The normalized spacial score (nSPS) is 10.9. The first-order valence-corrected chi connectivity index (χ1v) is 13.6. The van der Waals surface area contributed by atoms with E-state index in [0.717, 1.165) is 22.0 Å². The zero-order chi connectivity index (χ0) is 30.2. The van der Waals surface area contributed by atoms with Crippen molar-refractivity contribution in [2.75, 3.05) is 28.4 Å². The molecule has 41 heavy (non-hydrogen) atoms. The molecule has 13 heteroatoms. The Labute approximate surface area is 236 Å². The summed E-state index contributed by atoms with van der Waals surface area (Å²) >= 11 is 0. The van der Waals surface area contributed by atoms with Gasteiger partial charge in [0.1, 0.15) is 5.75 Å². The van der Waals surface area contributed by atoms with Crippen LogP contribution in [0.3, 0.4) is 0 Å². The third-order valence-corrected chi connectivity index (χ3v) is 6.50. The van der Waals surface area contributed by atoms with E-state index in [9.17, 15) is 14.5 Å². The van der Waals surface area contributed by atoms with E-state index in [-0.39, 0.29) is 22.6 Å². The SMILES string of the molecule is COc1ccc(Cc2nccc3cc(OC)c(OC)cc23)cc1OC.Cc1ncc(COP(=O)(O)O)c(C=O)c1O. The molecule has 0 bridgehead atoms. The standard InChI is InChI=1S/C20H21NO4.C8H10NO6P/c1-22-17-6-5-13(10-18(17)23-2)9-16-15-12-20(25-4)19(24-3)11-14(15)7-8-21-16;1-5-8(11)7(3-10)6(2-9-5)4-15-16(12,13)14/h5-8,10-12H,9H2,1-4H3;2-3,11H,4H2,1H3,(H2,12,13,14). The van der Waals surface area contributed by atoms with Crippen LogP contribution in [-0.2, 0) is 22.1 Å². The number of carbonyl (C=O) groups is 1. The summed E-state index contributed by atoms with van der Waals surface area (Å²) in [6.07, 6.45) is 4.08. The first kappa shape index (κ1) is 31.3. The lowest BCUT2D eigenvalue weighted by Gasteiger charge is -2.12. The van der Waals surface area contributed by atoms with Crippen LogP contribution in [0.2, 0.25) is 0 Å². The van der Waals surface area contributed by atoms with Crippen molar-refractivity contribution >= 4 is 24.9 Å². The first-order valence-electron chi connectivity index (χ1n) is 12.1. The zero-order valence-corrected chi connectivity index (χ0v) is 24.0. The van der Waals surface area contributed by atoms with Crippen molar-refractivity contribution in [3.8, 4) is 28.7 Å². The van der Waals surface area contributed by atoms with Crippen LogP contribution in [0.5, 0.6) is 28.7 Å². The molecule has 0 aliphatic carbocycles. The van der Waals surface area contributed by atoms with Crippen LogP contribution >= 0.6 is 7.82 Å². The molecular weight excluding hydrogens is 555 g/mol. The molecule has 12 nitrogen and oxygen atoms in total. The maximum atomic E-state index is 10.7. The van der Waals surface area contributed by atoms with Crippen molar-refractivity contribution in [1.82, 2.24) is 9.97 Å². The molecule has 0 saturated heterocycles. The fraction of sp³-hybridized carbons (Fsp3) is 0.250. The minimum absolute atomic E-state index is 0.0825. The number of aromatic nitrogens is 2. The number of ether oxygens (including phenoxy) is 4. The van der Waals surface area contributed by atoms with Gasteiger partial charge in [0.25, 0.3) is 0 Å². The number of aryl methyl sites for hydroxylation is 1. The van der Waals surface area contributed by atoms with E-state index in [1.807, 2.05) is 42.6 Å². The molecule has 2 aromatic heterocycles. The molecule has 0 atom stereocenters. The number of phosphoric ester groups is 1. The Hall–Kier alpha value is -4.22. The molecule has 2 heterocycles. The molecule has 4 aromatic rings. The van der Waals surface area contributed by atoms with Gasteiger partial charge >= 0.3 is 7.82 Å². The van der Waals surface area contributed by atoms with Gasteiger partial charge in [0.2, 0.25) is 0 Å². The van der Waals surface area contributed by atoms with Gasteiger partial charge in [0.15, 0.2) is 29.3 Å². The predicted molar refractivity (Wildman–Crippen MR) is 150 cm³/mol. The summed E-state index contributed by atoms with van der Waals surface area (Å²) in [5.41, 5.74) is 2.34. The highest BCUT2D eigenvalue weighted by molar-refractivity contribution is 7.46. The Kier molecular flexibility index (Phi) is 10.6. The highest BCUT2D eigenvalue weighted by atomic mass is 31.2. The Morgan fingerprint density at radius 3 is 2.12 bits per heavy atom. The molecule has 0 aliphatic heterocycles. The summed E-state index contributed by atoms with van der Waals surface area (Å²) in [4.78, 5) is 36.0. The number of pyridine rings is 2. The molecule has 0 spiro atoms. The second-order valence-corrected chi connectivity index (χ2v) is 9.80. The fourth-order valence-corrected chi connectivity index (χ4v) is 4.24. The van der Waals surface area contributed by atoms with Crippen molar-refractivity contribution in [3.63, 3.8) is 0 Å². The monoisotopic (exact) mass is 586 g/mol. The summed E-state index contributed by atoms with van der Waals surface area (Å²) in [5, 5.41) is 11.6. The molecule has 218 valence electrons. The van der Waals surface area contributed by atoms with Crippen molar-refractivity contribution in [2.45, 2.75) is 20.0 Å². The first-order chi connectivity index (χ1) is 19.5. The van der Waals surface area contributed by atoms with Crippen molar-refractivity contribution in [3.05, 3.63) is 76.9 Å². The second-order valence-electron chi connectivity index (χ2n) is 8.57. The molecule has 0 unspecified atom stereocenters. The third-order valence-electron chi connectivity index (χ3n) is 6.03. The number of fused-ring (bicyclic) bond motifs is 1. The van der Waals surface area contributed by atoms with Crippen LogP contribution in [0.15, 0.2) is 48.8 Å². The lowest BCUT2D eigenvalue weighted by Crippen LogP contribution is -1.99. The number of phosphoric acid groups is 1. The Balaban J connectivity index is 0.000000250. The highest BCUT2D eigenvalue weighted by Crippen LogP contribution is 2.38. The van der Waals surface area contributed by atoms with Crippen LogP contribution in [0.4, 0.5) is 0 Å². The molecule has 0 radical (unpaired) electrons. The fourth-order valence-electron chi connectivity index (χ4n) is 3.94. The second kappa shape index (κ2) is 13.9. The Bertz CT molecular complexity index is 1570. The van der Waals surface area contributed by atoms with Crippen molar-refractivity contribution < 1.29 is 47.7 Å². The molecule has 4 rings (SSSR count). The summed E-state index contributed by atoms with van der Waals surface area (Å²) < 4.78 is 36.2. The van der Waals surface area contributed by atoms with Gasteiger partial charge in [-0.05, 0) is 48.2 Å². The third kappa shape index (κ3) is 7.92. The molecule has 0 amide bonds. The van der Waals surface area contributed by atoms with E-state index < -0.39 is 14.4 Å². The maximum absolute atomic E-state index is 10.7. The zero-order valence-electron chi connectivity index (χ0n) is 23.2. The minimum Gasteiger partial charge on any atom is -0.505 e. The number of hydrogen-bond acceptors (Lipinski definition) is 10. The number of carbonyl (C=O) groups excluding carboxylic acids is 1. The number of rotatable bonds is 10. The summed E-state index contributed by atoms with van der Waals surface area (Å²) in [5.74, 6) is 2.50. The van der Waals surface area contributed by atoms with Gasteiger partial charge < -0.3 is 33.8 Å². The topological polar surface area (TPSA) is 167 Å². The van der Waals surface area contributed by atoms with Gasteiger partial charge in [-0.15, -0.1) is 0 Å². The van der Waals surface area contributed by atoms with Crippen LogP contribution in [0.1, 0.15) is 32.9 Å². The minimum atomic E-state index is -4.61. The molecule has 2 aromatic carbocycles. The quantitative estimate of drug-likeness (QED) is 0.178. The molecular formula is C28H31N2O10P. The van der Waals surface area contributed by atoms with E-state index >= 15 is 0 Å². The number of aldehydes is 1. The van der Waals surface area contributed by atoms with Crippen molar-refractivity contribution in [1.29, 1.82) is 0 Å². The highest BCUT2D eigenvalue weighted by Gasteiger charge is 2.17.